The molecule has 0 radical (unpaired) electrons. The van der Waals surface area contributed by atoms with Crippen LogP contribution in [-0.4, -0.2) is 17.1 Å². The second kappa shape index (κ2) is 6.54. The van der Waals surface area contributed by atoms with Crippen molar-refractivity contribution in [3.05, 3.63) is 70.0 Å². The maximum absolute atomic E-state index is 11.9. The molecule has 0 spiro atoms. The van der Waals surface area contributed by atoms with Crippen molar-refractivity contribution in [1.29, 1.82) is 0 Å². The Kier molecular flexibility index (Phi) is 4.30. The first-order chi connectivity index (χ1) is 11.2. The lowest BCUT2D eigenvalue weighted by atomic mass is 10.1. The number of ether oxygens (including phenoxy) is 1. The van der Waals surface area contributed by atoms with Crippen molar-refractivity contribution in [3.63, 3.8) is 0 Å². The van der Waals surface area contributed by atoms with Gasteiger partial charge in [0.15, 0.2) is 0 Å². The van der Waals surface area contributed by atoms with Crippen LogP contribution in [0.5, 0.6) is 5.75 Å². The Morgan fingerprint density at radius 3 is 2.61 bits per heavy atom. The first kappa shape index (κ1) is 15.1. The van der Waals surface area contributed by atoms with Crippen LogP contribution in [0.25, 0.3) is 11.3 Å². The fourth-order valence-electron chi connectivity index (χ4n) is 2.15. The van der Waals surface area contributed by atoms with Gasteiger partial charge in [0.1, 0.15) is 5.75 Å². The number of halogens is 1. The normalized spacial score (nSPS) is 10.3. The highest BCUT2D eigenvalue weighted by Crippen LogP contribution is 2.28. The third kappa shape index (κ3) is 3.52. The van der Waals surface area contributed by atoms with Gasteiger partial charge in [-0.25, -0.2) is 4.98 Å². The van der Waals surface area contributed by atoms with Crippen molar-refractivity contribution >= 4 is 23.2 Å². The molecule has 116 valence electrons. The summed E-state index contributed by atoms with van der Waals surface area (Å²) in [4.78, 5) is 19.0. The van der Waals surface area contributed by atoms with Crippen LogP contribution in [0.3, 0.4) is 0 Å². The highest BCUT2D eigenvalue weighted by Gasteiger charge is 2.06. The molecule has 2 aromatic carbocycles. The number of nitrogens with zero attached hydrogens (tertiary/aromatic N) is 1. The summed E-state index contributed by atoms with van der Waals surface area (Å²) in [5, 5.41) is 3.51. The SMILES string of the molecule is COc1ccc(Nc2nc(-c3ccccc3)cc(=O)[nH]2)cc1Cl. The summed E-state index contributed by atoms with van der Waals surface area (Å²) in [6.45, 7) is 0. The Balaban J connectivity index is 1.93. The molecular formula is C17H14ClN3O2. The summed E-state index contributed by atoms with van der Waals surface area (Å²) < 4.78 is 5.11. The van der Waals surface area contributed by atoms with Gasteiger partial charge in [-0.1, -0.05) is 41.9 Å². The third-order valence-electron chi connectivity index (χ3n) is 3.23. The summed E-state index contributed by atoms with van der Waals surface area (Å²) in [7, 11) is 1.55. The monoisotopic (exact) mass is 327 g/mol. The van der Waals surface area contributed by atoms with E-state index in [4.69, 9.17) is 16.3 Å². The summed E-state index contributed by atoms with van der Waals surface area (Å²) in [6.07, 6.45) is 0. The first-order valence-corrected chi connectivity index (χ1v) is 7.31. The van der Waals surface area contributed by atoms with Crippen molar-refractivity contribution in [2.45, 2.75) is 0 Å². The Labute approximate surface area is 137 Å². The second-order valence-corrected chi connectivity index (χ2v) is 5.23. The average molecular weight is 328 g/mol. The number of methoxy groups -OCH3 is 1. The minimum Gasteiger partial charge on any atom is -0.495 e. The molecule has 0 bridgehead atoms. The highest BCUT2D eigenvalue weighted by atomic mass is 35.5. The average Bonchev–Trinajstić information content (AvgIpc) is 2.55. The summed E-state index contributed by atoms with van der Waals surface area (Å²) in [6, 6.07) is 16.2. The molecule has 5 nitrogen and oxygen atoms in total. The number of rotatable bonds is 4. The predicted octanol–water partition coefficient (Wildman–Crippen LogP) is 3.84. The fourth-order valence-corrected chi connectivity index (χ4v) is 2.41. The van der Waals surface area contributed by atoms with Gasteiger partial charge in [-0.15, -0.1) is 0 Å². The number of aromatic amines is 1. The van der Waals surface area contributed by atoms with Crippen LogP contribution in [0.1, 0.15) is 0 Å². The van der Waals surface area contributed by atoms with E-state index in [1.54, 1.807) is 25.3 Å². The minimum atomic E-state index is -0.235. The first-order valence-electron chi connectivity index (χ1n) is 6.93. The van der Waals surface area contributed by atoms with E-state index in [9.17, 15) is 4.79 Å². The zero-order valence-corrected chi connectivity index (χ0v) is 13.1. The molecule has 0 aliphatic heterocycles. The standard InChI is InChI=1S/C17H14ClN3O2/c1-23-15-8-7-12(9-13(15)18)19-17-20-14(10-16(22)21-17)11-5-3-2-4-6-11/h2-10H,1H3,(H2,19,20,21,22). The number of aromatic nitrogens is 2. The Hall–Kier alpha value is -2.79. The van der Waals surface area contributed by atoms with Crippen LogP contribution >= 0.6 is 11.6 Å². The number of hydrogen-bond acceptors (Lipinski definition) is 4. The summed E-state index contributed by atoms with van der Waals surface area (Å²) in [5.41, 5.74) is 1.93. The molecule has 0 amide bonds. The maximum Gasteiger partial charge on any atom is 0.252 e. The molecule has 0 aliphatic rings. The Morgan fingerprint density at radius 2 is 1.91 bits per heavy atom. The van der Waals surface area contributed by atoms with Gasteiger partial charge in [-0.2, -0.15) is 0 Å². The van der Waals surface area contributed by atoms with Crippen LogP contribution in [0, 0.1) is 0 Å². The van der Waals surface area contributed by atoms with E-state index in [-0.39, 0.29) is 5.56 Å². The lowest BCUT2D eigenvalue weighted by Crippen LogP contribution is -2.10. The summed E-state index contributed by atoms with van der Waals surface area (Å²) >= 11 is 6.10. The van der Waals surface area contributed by atoms with Gasteiger partial charge in [0.2, 0.25) is 5.95 Å². The number of H-pyrrole nitrogens is 1. The van der Waals surface area contributed by atoms with E-state index >= 15 is 0 Å². The minimum absolute atomic E-state index is 0.235. The third-order valence-corrected chi connectivity index (χ3v) is 3.52. The van der Waals surface area contributed by atoms with Gasteiger partial charge in [-0.05, 0) is 18.2 Å². The van der Waals surface area contributed by atoms with E-state index in [1.807, 2.05) is 30.3 Å². The lowest BCUT2D eigenvalue weighted by molar-refractivity contribution is 0.415. The smallest absolute Gasteiger partial charge is 0.252 e. The predicted molar refractivity (Wildman–Crippen MR) is 91.6 cm³/mol. The van der Waals surface area contributed by atoms with Crippen LogP contribution in [0.15, 0.2) is 59.4 Å². The molecule has 1 heterocycles. The van der Waals surface area contributed by atoms with E-state index < -0.39 is 0 Å². The van der Waals surface area contributed by atoms with Crippen LogP contribution in [-0.2, 0) is 0 Å². The molecule has 23 heavy (non-hydrogen) atoms. The van der Waals surface area contributed by atoms with Crippen molar-refractivity contribution in [2.75, 3.05) is 12.4 Å². The summed E-state index contributed by atoms with van der Waals surface area (Å²) in [5.74, 6) is 0.925. The molecule has 0 unspecified atom stereocenters. The van der Waals surface area contributed by atoms with Gasteiger partial charge < -0.3 is 10.1 Å². The molecule has 0 saturated carbocycles. The van der Waals surface area contributed by atoms with E-state index in [0.717, 1.165) is 5.56 Å². The molecule has 0 saturated heterocycles. The fraction of sp³-hybridized carbons (Fsp3) is 0.0588. The van der Waals surface area contributed by atoms with Crippen molar-refractivity contribution in [1.82, 2.24) is 9.97 Å². The van der Waals surface area contributed by atoms with Crippen molar-refractivity contribution < 1.29 is 4.74 Å². The van der Waals surface area contributed by atoms with Crippen LogP contribution in [0.4, 0.5) is 11.6 Å². The Morgan fingerprint density at radius 1 is 1.13 bits per heavy atom. The van der Waals surface area contributed by atoms with Crippen LogP contribution in [0.2, 0.25) is 5.02 Å². The number of benzene rings is 2. The second-order valence-electron chi connectivity index (χ2n) is 4.82. The van der Waals surface area contributed by atoms with Crippen molar-refractivity contribution in [3.8, 4) is 17.0 Å². The van der Waals surface area contributed by atoms with Gasteiger partial charge >= 0.3 is 0 Å². The number of nitrogens with one attached hydrogen (secondary N) is 2. The van der Waals surface area contributed by atoms with Crippen molar-refractivity contribution in [2.24, 2.45) is 0 Å². The van der Waals surface area contributed by atoms with E-state index in [1.165, 1.54) is 6.07 Å². The molecule has 3 aromatic rings. The molecule has 0 fully saturated rings. The quantitative estimate of drug-likeness (QED) is 0.764. The lowest BCUT2D eigenvalue weighted by Gasteiger charge is -2.09. The molecule has 6 heteroatoms. The topological polar surface area (TPSA) is 67.0 Å². The van der Waals surface area contributed by atoms with Crippen LogP contribution < -0.4 is 15.6 Å². The molecule has 0 atom stereocenters. The maximum atomic E-state index is 11.9. The zero-order chi connectivity index (χ0) is 16.2. The van der Waals surface area contributed by atoms with Gasteiger partial charge in [-0.3, -0.25) is 9.78 Å². The zero-order valence-electron chi connectivity index (χ0n) is 12.3. The van der Waals surface area contributed by atoms with Gasteiger partial charge in [0.25, 0.3) is 5.56 Å². The molecular weight excluding hydrogens is 314 g/mol. The molecule has 3 rings (SSSR count). The Bertz CT molecular complexity index is 879. The molecule has 2 N–H and O–H groups in total. The van der Waals surface area contributed by atoms with E-state index in [0.29, 0.717) is 28.1 Å². The number of hydrogen-bond donors (Lipinski definition) is 2. The highest BCUT2D eigenvalue weighted by molar-refractivity contribution is 6.32. The van der Waals surface area contributed by atoms with E-state index in [2.05, 4.69) is 15.3 Å². The largest absolute Gasteiger partial charge is 0.495 e. The number of anilines is 2. The molecule has 0 aliphatic carbocycles. The molecule has 1 aromatic heterocycles. The van der Waals surface area contributed by atoms with Gasteiger partial charge in [0, 0.05) is 17.3 Å². The van der Waals surface area contributed by atoms with Gasteiger partial charge in [0.05, 0.1) is 17.8 Å².